The average Bonchev–Trinajstić information content (AvgIpc) is 2.44. The van der Waals surface area contributed by atoms with Crippen molar-refractivity contribution in [3.63, 3.8) is 0 Å². The molecule has 4 heteroatoms. The van der Waals surface area contributed by atoms with Crippen LogP contribution in [0.4, 0.5) is 11.4 Å². The Hall–Kier alpha value is -1.71. The molecule has 1 aromatic carbocycles. The summed E-state index contributed by atoms with van der Waals surface area (Å²) >= 11 is 0. The summed E-state index contributed by atoms with van der Waals surface area (Å²) in [4.78, 5) is 15.5. The molecule has 0 aliphatic carbocycles. The minimum atomic E-state index is 0.220. The summed E-state index contributed by atoms with van der Waals surface area (Å²) < 4.78 is 0. The Bertz CT molecular complexity index is 374. The molecule has 86 valence electrons. The van der Waals surface area contributed by atoms with Crippen LogP contribution in [0.5, 0.6) is 0 Å². The highest BCUT2D eigenvalue weighted by Crippen LogP contribution is 2.18. The third kappa shape index (κ3) is 2.27. The molecule has 1 aliphatic rings. The van der Waals surface area contributed by atoms with Gasteiger partial charge in [0.05, 0.1) is 0 Å². The van der Waals surface area contributed by atoms with Gasteiger partial charge in [0.15, 0.2) is 0 Å². The lowest BCUT2D eigenvalue weighted by molar-refractivity contribution is -0.129. The van der Waals surface area contributed by atoms with Gasteiger partial charge in [0.25, 0.3) is 0 Å². The second kappa shape index (κ2) is 4.43. The number of nitrogens with two attached hydrogens (primary N) is 1. The summed E-state index contributed by atoms with van der Waals surface area (Å²) in [5.41, 5.74) is 7.56. The molecule has 4 nitrogen and oxygen atoms in total. The lowest BCUT2D eigenvalue weighted by Crippen LogP contribution is -2.29. The summed E-state index contributed by atoms with van der Waals surface area (Å²) in [6.07, 6.45) is 0.584. The summed E-state index contributed by atoms with van der Waals surface area (Å²) in [6.45, 7) is 2.45. The van der Waals surface area contributed by atoms with E-state index in [1.807, 2.05) is 31.3 Å². The zero-order chi connectivity index (χ0) is 11.5. The van der Waals surface area contributed by atoms with E-state index in [2.05, 4.69) is 4.90 Å². The number of anilines is 2. The zero-order valence-corrected chi connectivity index (χ0v) is 9.52. The molecular weight excluding hydrogens is 202 g/mol. The molecule has 0 unspecified atom stereocenters. The van der Waals surface area contributed by atoms with Gasteiger partial charge in [-0.15, -0.1) is 0 Å². The van der Waals surface area contributed by atoms with Crippen molar-refractivity contribution >= 4 is 17.3 Å². The SMILES string of the molecule is CN1CCN(c2ccc(N)cc2)CCC1=O. The van der Waals surface area contributed by atoms with E-state index in [1.54, 1.807) is 4.90 Å². The molecule has 2 N–H and O–H groups in total. The van der Waals surface area contributed by atoms with Crippen LogP contribution >= 0.6 is 0 Å². The molecule has 2 rings (SSSR count). The second-order valence-electron chi connectivity index (χ2n) is 4.14. The Morgan fingerprint density at radius 1 is 1.12 bits per heavy atom. The molecule has 0 spiro atoms. The number of benzene rings is 1. The number of carbonyl (C=O) groups is 1. The van der Waals surface area contributed by atoms with Gasteiger partial charge in [-0.3, -0.25) is 4.79 Å². The molecule has 1 fully saturated rings. The van der Waals surface area contributed by atoms with Crippen LogP contribution in [0.1, 0.15) is 6.42 Å². The summed E-state index contributed by atoms with van der Waals surface area (Å²) in [5, 5.41) is 0. The van der Waals surface area contributed by atoms with Crippen molar-refractivity contribution in [1.82, 2.24) is 4.90 Å². The molecule has 1 aliphatic heterocycles. The van der Waals surface area contributed by atoms with Crippen LogP contribution in [0.15, 0.2) is 24.3 Å². The molecule has 0 bridgehead atoms. The van der Waals surface area contributed by atoms with Gasteiger partial charge >= 0.3 is 0 Å². The van der Waals surface area contributed by atoms with Crippen LogP contribution in [0, 0.1) is 0 Å². The number of carbonyl (C=O) groups excluding carboxylic acids is 1. The number of hydrogen-bond donors (Lipinski definition) is 1. The van der Waals surface area contributed by atoms with E-state index in [-0.39, 0.29) is 5.91 Å². The number of likely N-dealkylation sites (N-methyl/N-ethyl adjacent to an activating group) is 1. The van der Waals surface area contributed by atoms with Crippen molar-refractivity contribution < 1.29 is 4.79 Å². The van der Waals surface area contributed by atoms with E-state index in [1.165, 1.54) is 0 Å². The van der Waals surface area contributed by atoms with Gasteiger partial charge in [0.1, 0.15) is 0 Å². The molecule has 1 amide bonds. The minimum Gasteiger partial charge on any atom is -0.399 e. The molecule has 0 radical (unpaired) electrons. The number of hydrogen-bond acceptors (Lipinski definition) is 3. The largest absolute Gasteiger partial charge is 0.399 e. The Labute approximate surface area is 95.6 Å². The fourth-order valence-corrected chi connectivity index (χ4v) is 1.87. The molecule has 1 saturated heterocycles. The predicted octanol–water partition coefficient (Wildman–Crippen LogP) is 0.937. The van der Waals surface area contributed by atoms with Crippen molar-refractivity contribution in [2.45, 2.75) is 6.42 Å². The summed E-state index contributed by atoms with van der Waals surface area (Å²) in [7, 11) is 1.86. The fourth-order valence-electron chi connectivity index (χ4n) is 1.87. The highest BCUT2D eigenvalue weighted by Gasteiger charge is 2.17. The normalized spacial score (nSPS) is 17.4. The summed E-state index contributed by atoms with van der Waals surface area (Å²) in [5.74, 6) is 0.220. The van der Waals surface area contributed by atoms with Gasteiger partial charge in [0, 0.05) is 44.5 Å². The van der Waals surface area contributed by atoms with Gasteiger partial charge in [-0.25, -0.2) is 0 Å². The Morgan fingerprint density at radius 3 is 2.50 bits per heavy atom. The maximum absolute atomic E-state index is 11.5. The monoisotopic (exact) mass is 219 g/mol. The van der Waals surface area contributed by atoms with Crippen molar-refractivity contribution in [2.24, 2.45) is 0 Å². The predicted molar refractivity (Wildman–Crippen MR) is 65.3 cm³/mol. The number of amides is 1. The van der Waals surface area contributed by atoms with Crippen LogP contribution in [0.25, 0.3) is 0 Å². The van der Waals surface area contributed by atoms with Crippen molar-refractivity contribution in [2.75, 3.05) is 37.3 Å². The molecule has 0 atom stereocenters. The van der Waals surface area contributed by atoms with Crippen molar-refractivity contribution in [1.29, 1.82) is 0 Å². The molecule has 1 heterocycles. The molecule has 16 heavy (non-hydrogen) atoms. The molecule has 0 saturated carbocycles. The van der Waals surface area contributed by atoms with Gasteiger partial charge in [-0.1, -0.05) is 0 Å². The first kappa shape index (κ1) is 10.8. The maximum atomic E-state index is 11.5. The third-order valence-electron chi connectivity index (χ3n) is 2.98. The van der Waals surface area contributed by atoms with Crippen LogP contribution in [-0.4, -0.2) is 37.5 Å². The van der Waals surface area contributed by atoms with E-state index in [9.17, 15) is 4.79 Å². The zero-order valence-electron chi connectivity index (χ0n) is 9.52. The number of nitrogen functional groups attached to an aromatic ring is 1. The van der Waals surface area contributed by atoms with E-state index in [4.69, 9.17) is 5.73 Å². The highest BCUT2D eigenvalue weighted by atomic mass is 16.2. The average molecular weight is 219 g/mol. The van der Waals surface area contributed by atoms with Crippen LogP contribution in [-0.2, 0) is 4.79 Å². The first-order valence-corrected chi connectivity index (χ1v) is 5.51. The number of rotatable bonds is 1. The second-order valence-corrected chi connectivity index (χ2v) is 4.14. The quantitative estimate of drug-likeness (QED) is 0.715. The minimum absolute atomic E-state index is 0.220. The molecular formula is C12H17N3O. The molecule has 0 aromatic heterocycles. The molecule has 1 aromatic rings. The first-order chi connectivity index (χ1) is 7.66. The lowest BCUT2D eigenvalue weighted by atomic mass is 10.2. The van der Waals surface area contributed by atoms with E-state index >= 15 is 0 Å². The van der Waals surface area contributed by atoms with Gasteiger partial charge < -0.3 is 15.5 Å². The maximum Gasteiger partial charge on any atom is 0.224 e. The van der Waals surface area contributed by atoms with Gasteiger partial charge in [-0.05, 0) is 24.3 Å². The van der Waals surface area contributed by atoms with E-state index < -0.39 is 0 Å². The van der Waals surface area contributed by atoms with E-state index in [0.717, 1.165) is 31.0 Å². The first-order valence-electron chi connectivity index (χ1n) is 5.51. The highest BCUT2D eigenvalue weighted by molar-refractivity contribution is 5.77. The summed E-state index contributed by atoms with van der Waals surface area (Å²) in [6, 6.07) is 7.80. The van der Waals surface area contributed by atoms with Crippen LogP contribution in [0.3, 0.4) is 0 Å². The van der Waals surface area contributed by atoms with Crippen LogP contribution < -0.4 is 10.6 Å². The van der Waals surface area contributed by atoms with Crippen LogP contribution in [0.2, 0.25) is 0 Å². The van der Waals surface area contributed by atoms with Gasteiger partial charge in [0.2, 0.25) is 5.91 Å². The number of nitrogens with zero attached hydrogens (tertiary/aromatic N) is 2. The smallest absolute Gasteiger partial charge is 0.224 e. The third-order valence-corrected chi connectivity index (χ3v) is 2.98. The lowest BCUT2D eigenvalue weighted by Gasteiger charge is -2.22. The van der Waals surface area contributed by atoms with Gasteiger partial charge in [-0.2, -0.15) is 0 Å². The van der Waals surface area contributed by atoms with E-state index in [0.29, 0.717) is 6.42 Å². The standard InChI is InChI=1S/C12H17N3O/c1-14-8-9-15(7-6-12(14)16)11-4-2-10(13)3-5-11/h2-5H,6-9,13H2,1H3. The fraction of sp³-hybridized carbons (Fsp3) is 0.417. The van der Waals surface area contributed by atoms with Crippen molar-refractivity contribution in [3.8, 4) is 0 Å². The topological polar surface area (TPSA) is 49.6 Å². The Morgan fingerprint density at radius 2 is 1.81 bits per heavy atom. The van der Waals surface area contributed by atoms with Crippen molar-refractivity contribution in [3.05, 3.63) is 24.3 Å². The Kier molecular flexibility index (Phi) is 2.99. The Balaban J connectivity index is 2.10.